The molecular formula is C16H30N4O2. The molecule has 0 spiro atoms. The number of hydrogen-bond acceptors (Lipinski definition) is 3. The van der Waals surface area contributed by atoms with Gasteiger partial charge in [-0.1, -0.05) is 20.8 Å². The molecule has 0 fully saturated rings. The second-order valence-electron chi connectivity index (χ2n) is 6.43. The highest BCUT2D eigenvalue weighted by molar-refractivity contribution is 5.74. The zero-order valence-electron chi connectivity index (χ0n) is 14.4. The average Bonchev–Trinajstić information content (AvgIpc) is 2.74. The second-order valence-corrected chi connectivity index (χ2v) is 6.43. The smallest absolute Gasteiger partial charge is 0.315 e. The quantitative estimate of drug-likeness (QED) is 0.685. The molecule has 2 atom stereocenters. The van der Waals surface area contributed by atoms with Gasteiger partial charge < -0.3 is 15.7 Å². The van der Waals surface area contributed by atoms with Crippen LogP contribution in [0.25, 0.3) is 0 Å². The van der Waals surface area contributed by atoms with Gasteiger partial charge in [-0.05, 0) is 38.2 Å². The molecule has 0 bridgehead atoms. The first-order valence-corrected chi connectivity index (χ1v) is 7.99. The van der Waals surface area contributed by atoms with Crippen molar-refractivity contribution in [2.45, 2.75) is 53.6 Å². The molecule has 1 heterocycles. The molecule has 0 saturated carbocycles. The minimum atomic E-state index is -0.174. The molecule has 1 aromatic heterocycles. The van der Waals surface area contributed by atoms with Crippen molar-refractivity contribution in [3.05, 3.63) is 17.5 Å². The van der Waals surface area contributed by atoms with E-state index in [0.29, 0.717) is 24.8 Å². The summed E-state index contributed by atoms with van der Waals surface area (Å²) in [4.78, 5) is 11.9. The van der Waals surface area contributed by atoms with Crippen molar-refractivity contribution >= 4 is 6.03 Å². The van der Waals surface area contributed by atoms with Gasteiger partial charge in [0, 0.05) is 31.4 Å². The van der Waals surface area contributed by atoms with Gasteiger partial charge in [-0.15, -0.1) is 0 Å². The first-order valence-electron chi connectivity index (χ1n) is 7.99. The van der Waals surface area contributed by atoms with Crippen LogP contribution in [-0.2, 0) is 6.54 Å². The van der Waals surface area contributed by atoms with Crippen molar-refractivity contribution in [1.82, 2.24) is 20.4 Å². The normalized spacial score (nSPS) is 14.0. The van der Waals surface area contributed by atoms with E-state index >= 15 is 0 Å². The van der Waals surface area contributed by atoms with Crippen LogP contribution >= 0.6 is 0 Å². The maximum atomic E-state index is 11.9. The largest absolute Gasteiger partial charge is 0.396 e. The Bertz CT molecular complexity index is 471. The van der Waals surface area contributed by atoms with Gasteiger partial charge in [-0.25, -0.2) is 4.79 Å². The Hall–Kier alpha value is -1.56. The maximum absolute atomic E-state index is 11.9. The van der Waals surface area contributed by atoms with E-state index < -0.39 is 0 Å². The molecule has 0 aliphatic rings. The van der Waals surface area contributed by atoms with Crippen LogP contribution in [-0.4, -0.2) is 40.1 Å². The molecule has 2 amide bonds. The first-order chi connectivity index (χ1) is 10.3. The fraction of sp³-hybridized carbons (Fsp3) is 0.750. The molecule has 3 N–H and O–H groups in total. The van der Waals surface area contributed by atoms with E-state index in [1.807, 2.05) is 32.4 Å². The Morgan fingerprint density at radius 2 is 2.05 bits per heavy atom. The number of rotatable bonds is 8. The van der Waals surface area contributed by atoms with Gasteiger partial charge in [0.1, 0.15) is 0 Å². The highest BCUT2D eigenvalue weighted by Crippen LogP contribution is 2.07. The van der Waals surface area contributed by atoms with Crippen LogP contribution in [0.5, 0.6) is 0 Å². The minimum absolute atomic E-state index is 0.00341. The Balaban J connectivity index is 2.38. The lowest BCUT2D eigenvalue weighted by molar-refractivity contribution is 0.217. The van der Waals surface area contributed by atoms with Crippen LogP contribution in [0.4, 0.5) is 4.79 Å². The summed E-state index contributed by atoms with van der Waals surface area (Å²) >= 11 is 0. The van der Waals surface area contributed by atoms with Crippen LogP contribution in [0.15, 0.2) is 6.07 Å². The molecule has 0 radical (unpaired) electrons. The van der Waals surface area contributed by atoms with Crippen molar-refractivity contribution in [1.29, 1.82) is 0 Å². The Labute approximate surface area is 133 Å². The van der Waals surface area contributed by atoms with Crippen LogP contribution in [0, 0.1) is 25.7 Å². The van der Waals surface area contributed by atoms with Crippen molar-refractivity contribution in [2.24, 2.45) is 11.8 Å². The molecule has 0 aliphatic carbocycles. The number of carbonyl (C=O) groups excluding carboxylic acids is 1. The third kappa shape index (κ3) is 6.05. The summed E-state index contributed by atoms with van der Waals surface area (Å²) in [6.07, 6.45) is 0.576. The number of aromatic nitrogens is 2. The van der Waals surface area contributed by atoms with E-state index in [1.54, 1.807) is 0 Å². The zero-order chi connectivity index (χ0) is 16.7. The molecule has 22 heavy (non-hydrogen) atoms. The second kappa shape index (κ2) is 8.78. The Morgan fingerprint density at radius 1 is 1.36 bits per heavy atom. The summed E-state index contributed by atoms with van der Waals surface area (Å²) in [5.41, 5.74) is 2.15. The topological polar surface area (TPSA) is 79.2 Å². The van der Waals surface area contributed by atoms with Gasteiger partial charge in [0.25, 0.3) is 0 Å². The molecule has 0 aliphatic heterocycles. The molecule has 0 saturated heterocycles. The first kappa shape index (κ1) is 18.5. The van der Waals surface area contributed by atoms with E-state index in [-0.39, 0.29) is 18.7 Å². The molecule has 0 aromatic carbocycles. The molecular weight excluding hydrogens is 280 g/mol. The Morgan fingerprint density at radius 3 is 2.55 bits per heavy atom. The lowest BCUT2D eigenvalue weighted by Crippen LogP contribution is -2.46. The monoisotopic (exact) mass is 310 g/mol. The third-order valence-corrected chi connectivity index (χ3v) is 3.76. The highest BCUT2D eigenvalue weighted by atomic mass is 16.3. The highest BCUT2D eigenvalue weighted by Gasteiger charge is 2.16. The SMILES string of the molecule is Cc1cc(C)n(CC(C)CNC(=O)NC(CCO)C(C)C)n1. The number of aryl methyl sites for hydroxylation is 2. The van der Waals surface area contributed by atoms with E-state index in [1.165, 1.54) is 0 Å². The summed E-state index contributed by atoms with van der Waals surface area (Å²) < 4.78 is 1.97. The van der Waals surface area contributed by atoms with Gasteiger partial charge in [0.15, 0.2) is 0 Å². The number of hydrogen-bond donors (Lipinski definition) is 3. The predicted octanol–water partition coefficient (Wildman–Crippen LogP) is 1.84. The molecule has 1 rings (SSSR count). The standard InChI is InChI=1S/C16H30N4O2/c1-11(2)15(6-7-21)18-16(22)17-9-12(3)10-20-14(5)8-13(4)19-20/h8,11-12,15,21H,6-7,9-10H2,1-5H3,(H2,17,18,22). The fourth-order valence-electron chi connectivity index (χ4n) is 2.42. The average molecular weight is 310 g/mol. The van der Waals surface area contributed by atoms with Gasteiger partial charge in [0.05, 0.1) is 5.69 Å². The summed E-state index contributed by atoms with van der Waals surface area (Å²) in [6, 6.07) is 1.87. The lowest BCUT2D eigenvalue weighted by Gasteiger charge is -2.22. The fourth-order valence-corrected chi connectivity index (χ4v) is 2.42. The molecule has 1 aromatic rings. The number of urea groups is 1. The number of nitrogens with zero attached hydrogens (tertiary/aromatic N) is 2. The van der Waals surface area contributed by atoms with Gasteiger partial charge in [0.2, 0.25) is 0 Å². The van der Waals surface area contributed by atoms with Crippen molar-refractivity contribution in [3.63, 3.8) is 0 Å². The van der Waals surface area contributed by atoms with Crippen LogP contribution < -0.4 is 10.6 Å². The zero-order valence-corrected chi connectivity index (χ0v) is 14.4. The number of aliphatic hydroxyl groups is 1. The van der Waals surface area contributed by atoms with Crippen molar-refractivity contribution in [2.75, 3.05) is 13.2 Å². The molecule has 6 nitrogen and oxygen atoms in total. The molecule has 126 valence electrons. The Kier molecular flexibility index (Phi) is 7.38. The molecule has 6 heteroatoms. The molecule has 2 unspecified atom stereocenters. The minimum Gasteiger partial charge on any atom is -0.396 e. The lowest BCUT2D eigenvalue weighted by atomic mass is 10.0. The van der Waals surface area contributed by atoms with Gasteiger partial charge >= 0.3 is 6.03 Å². The number of aliphatic hydroxyl groups excluding tert-OH is 1. The predicted molar refractivity (Wildman–Crippen MR) is 87.7 cm³/mol. The number of amides is 2. The van der Waals surface area contributed by atoms with Gasteiger partial charge in [-0.3, -0.25) is 4.68 Å². The summed E-state index contributed by atoms with van der Waals surface area (Å²) in [6.45, 7) is 11.6. The van der Waals surface area contributed by atoms with Crippen LogP contribution in [0.3, 0.4) is 0 Å². The van der Waals surface area contributed by atoms with E-state index in [2.05, 4.69) is 28.7 Å². The van der Waals surface area contributed by atoms with Gasteiger partial charge in [-0.2, -0.15) is 5.10 Å². The van der Waals surface area contributed by atoms with Crippen molar-refractivity contribution in [3.8, 4) is 0 Å². The van der Waals surface area contributed by atoms with E-state index in [4.69, 9.17) is 5.11 Å². The summed E-state index contributed by atoms with van der Waals surface area (Å²) in [7, 11) is 0. The van der Waals surface area contributed by atoms with E-state index in [0.717, 1.165) is 17.9 Å². The number of nitrogens with one attached hydrogen (secondary N) is 2. The summed E-state index contributed by atoms with van der Waals surface area (Å²) in [5.74, 6) is 0.587. The summed E-state index contributed by atoms with van der Waals surface area (Å²) in [5, 5.41) is 19.3. The van der Waals surface area contributed by atoms with Crippen molar-refractivity contribution < 1.29 is 9.90 Å². The van der Waals surface area contributed by atoms with E-state index in [9.17, 15) is 4.79 Å². The van der Waals surface area contributed by atoms with Crippen LogP contribution in [0.1, 0.15) is 38.6 Å². The van der Waals surface area contributed by atoms with Crippen LogP contribution in [0.2, 0.25) is 0 Å². The number of carbonyl (C=O) groups is 1. The maximum Gasteiger partial charge on any atom is 0.315 e. The third-order valence-electron chi connectivity index (χ3n) is 3.76.